The number of benzene rings is 2. The van der Waals surface area contributed by atoms with Gasteiger partial charge in [-0.2, -0.15) is 0 Å². The lowest BCUT2D eigenvalue weighted by Crippen LogP contribution is -2.32. The normalized spacial score (nSPS) is 14.5. The van der Waals surface area contributed by atoms with Crippen molar-refractivity contribution in [2.24, 2.45) is 0 Å². The minimum absolute atomic E-state index is 0.0930. The number of hydrogen-bond donors (Lipinski definition) is 1. The molecule has 1 aliphatic heterocycles. The number of hydrogen-bond acceptors (Lipinski definition) is 3. The number of carbonyl (C=O) groups is 2. The van der Waals surface area contributed by atoms with E-state index in [2.05, 4.69) is 12.2 Å². The Bertz CT molecular complexity index is 885. The molecule has 3 rings (SSSR count). The molecule has 2 aromatic rings. The highest BCUT2D eigenvalue weighted by Crippen LogP contribution is 2.32. The quantitative estimate of drug-likeness (QED) is 0.833. The summed E-state index contributed by atoms with van der Waals surface area (Å²) in [5, 5.41) is 2.90. The summed E-state index contributed by atoms with van der Waals surface area (Å²) in [7, 11) is 0. The van der Waals surface area contributed by atoms with Crippen LogP contribution in [0.2, 0.25) is 0 Å². The molecule has 0 saturated carbocycles. The summed E-state index contributed by atoms with van der Waals surface area (Å²) in [6, 6.07) is 13.2. The van der Waals surface area contributed by atoms with Gasteiger partial charge in [0.2, 0.25) is 0 Å². The van der Waals surface area contributed by atoms with E-state index in [1.807, 2.05) is 50.2 Å². The zero-order valence-electron chi connectivity index (χ0n) is 14.4. The maximum absolute atomic E-state index is 12.8. The maximum atomic E-state index is 12.8. The molecule has 0 saturated heterocycles. The van der Waals surface area contributed by atoms with Crippen LogP contribution in [-0.2, 0) is 16.0 Å². The standard InChI is InChI=1S/C20H19ClN2O2/c1-4-14-6-8-15(9-7-14)22-18-17(21)19(24)23(20(18)25)16-10-5-12(2)11-13(16)3/h5-11,22H,4H2,1-3H3. The Labute approximate surface area is 152 Å². The Morgan fingerprint density at radius 2 is 1.68 bits per heavy atom. The molecule has 0 spiro atoms. The van der Waals surface area contributed by atoms with Crippen molar-refractivity contribution >= 4 is 34.8 Å². The van der Waals surface area contributed by atoms with Crippen LogP contribution in [-0.4, -0.2) is 11.8 Å². The van der Waals surface area contributed by atoms with E-state index in [4.69, 9.17) is 11.6 Å². The minimum atomic E-state index is -0.508. The molecule has 128 valence electrons. The largest absolute Gasteiger partial charge is 0.350 e. The summed E-state index contributed by atoms with van der Waals surface area (Å²) in [4.78, 5) is 26.4. The van der Waals surface area contributed by atoms with E-state index in [0.717, 1.165) is 22.4 Å². The lowest BCUT2D eigenvalue weighted by molar-refractivity contribution is -0.120. The predicted octanol–water partition coefficient (Wildman–Crippen LogP) is 4.30. The molecule has 4 nitrogen and oxygen atoms in total. The second-order valence-electron chi connectivity index (χ2n) is 6.10. The van der Waals surface area contributed by atoms with E-state index in [-0.39, 0.29) is 10.7 Å². The first-order valence-electron chi connectivity index (χ1n) is 8.14. The molecule has 0 unspecified atom stereocenters. The van der Waals surface area contributed by atoms with Gasteiger partial charge in [-0.25, -0.2) is 4.90 Å². The van der Waals surface area contributed by atoms with Crippen molar-refractivity contribution in [3.05, 3.63) is 69.9 Å². The molecule has 5 heteroatoms. The number of halogens is 1. The average molecular weight is 355 g/mol. The highest BCUT2D eigenvalue weighted by molar-refractivity contribution is 6.53. The van der Waals surface area contributed by atoms with Crippen LogP contribution in [0.5, 0.6) is 0 Å². The number of nitrogens with one attached hydrogen (secondary N) is 1. The van der Waals surface area contributed by atoms with Crippen LogP contribution in [0.25, 0.3) is 0 Å². The molecule has 0 bridgehead atoms. The fourth-order valence-corrected chi connectivity index (χ4v) is 3.07. The Morgan fingerprint density at radius 3 is 2.28 bits per heavy atom. The lowest BCUT2D eigenvalue weighted by atomic mass is 10.1. The van der Waals surface area contributed by atoms with Gasteiger partial charge < -0.3 is 5.32 Å². The number of rotatable bonds is 4. The van der Waals surface area contributed by atoms with Crippen molar-refractivity contribution in [3.8, 4) is 0 Å². The van der Waals surface area contributed by atoms with Gasteiger partial charge in [-0.15, -0.1) is 0 Å². The van der Waals surface area contributed by atoms with Gasteiger partial charge >= 0.3 is 0 Å². The van der Waals surface area contributed by atoms with Crippen LogP contribution in [0.3, 0.4) is 0 Å². The highest BCUT2D eigenvalue weighted by atomic mass is 35.5. The van der Waals surface area contributed by atoms with Gasteiger partial charge in [-0.3, -0.25) is 9.59 Å². The van der Waals surface area contributed by atoms with Gasteiger partial charge in [0.25, 0.3) is 11.8 Å². The van der Waals surface area contributed by atoms with Crippen molar-refractivity contribution in [1.29, 1.82) is 0 Å². The van der Waals surface area contributed by atoms with Gasteiger partial charge in [0, 0.05) is 5.69 Å². The van der Waals surface area contributed by atoms with Crippen molar-refractivity contribution in [3.63, 3.8) is 0 Å². The van der Waals surface area contributed by atoms with Gasteiger partial charge in [-0.05, 0) is 49.6 Å². The van der Waals surface area contributed by atoms with Crippen LogP contribution >= 0.6 is 11.6 Å². The molecule has 0 fully saturated rings. The Hall–Kier alpha value is -2.59. The minimum Gasteiger partial charge on any atom is -0.350 e. The first-order chi connectivity index (χ1) is 11.9. The molecular formula is C20H19ClN2O2. The molecule has 1 aliphatic rings. The zero-order valence-corrected chi connectivity index (χ0v) is 15.1. The number of carbonyl (C=O) groups excluding carboxylic acids is 2. The number of amides is 2. The molecular weight excluding hydrogens is 336 g/mol. The SMILES string of the molecule is CCc1ccc(NC2=C(Cl)C(=O)N(c3ccc(C)cc3C)C2=O)cc1. The Balaban J connectivity index is 1.90. The van der Waals surface area contributed by atoms with Gasteiger partial charge in [-0.1, -0.05) is 48.4 Å². The molecule has 0 aliphatic carbocycles. The van der Waals surface area contributed by atoms with Gasteiger partial charge in [0.1, 0.15) is 10.7 Å². The molecule has 2 amide bonds. The van der Waals surface area contributed by atoms with E-state index in [0.29, 0.717) is 11.4 Å². The third-order valence-electron chi connectivity index (χ3n) is 4.25. The molecule has 1 N–H and O–H groups in total. The van der Waals surface area contributed by atoms with Crippen molar-refractivity contribution in [1.82, 2.24) is 0 Å². The third-order valence-corrected chi connectivity index (χ3v) is 4.60. The van der Waals surface area contributed by atoms with Gasteiger partial charge in [0.15, 0.2) is 0 Å². The summed E-state index contributed by atoms with van der Waals surface area (Å²) in [5.41, 5.74) is 4.48. The van der Waals surface area contributed by atoms with Crippen LogP contribution in [0.1, 0.15) is 23.6 Å². The molecule has 0 radical (unpaired) electrons. The van der Waals surface area contributed by atoms with Crippen LogP contribution in [0.15, 0.2) is 53.2 Å². The zero-order chi connectivity index (χ0) is 18.1. The monoisotopic (exact) mass is 354 g/mol. The van der Waals surface area contributed by atoms with E-state index in [1.165, 1.54) is 5.56 Å². The number of anilines is 2. The summed E-state index contributed by atoms with van der Waals surface area (Å²) < 4.78 is 0. The number of imide groups is 1. The topological polar surface area (TPSA) is 49.4 Å². The van der Waals surface area contributed by atoms with E-state index in [1.54, 1.807) is 6.07 Å². The lowest BCUT2D eigenvalue weighted by Gasteiger charge is -2.18. The van der Waals surface area contributed by atoms with Crippen molar-refractivity contribution in [2.75, 3.05) is 10.2 Å². The molecule has 25 heavy (non-hydrogen) atoms. The molecule has 1 heterocycles. The summed E-state index contributed by atoms with van der Waals surface area (Å²) >= 11 is 6.17. The fourth-order valence-electron chi connectivity index (χ4n) is 2.85. The fraction of sp³-hybridized carbons (Fsp3) is 0.200. The average Bonchev–Trinajstić information content (AvgIpc) is 2.80. The van der Waals surface area contributed by atoms with Crippen LogP contribution in [0, 0.1) is 13.8 Å². The summed E-state index contributed by atoms with van der Waals surface area (Å²) in [6.45, 7) is 5.90. The molecule has 2 aromatic carbocycles. The number of nitrogens with zero attached hydrogens (tertiary/aromatic N) is 1. The van der Waals surface area contributed by atoms with Crippen LogP contribution < -0.4 is 10.2 Å². The van der Waals surface area contributed by atoms with E-state index >= 15 is 0 Å². The van der Waals surface area contributed by atoms with Crippen molar-refractivity contribution in [2.45, 2.75) is 27.2 Å². The first kappa shape index (κ1) is 17.2. The third kappa shape index (κ3) is 3.17. The summed E-state index contributed by atoms with van der Waals surface area (Å²) in [5.74, 6) is -0.951. The van der Waals surface area contributed by atoms with Crippen LogP contribution in [0.4, 0.5) is 11.4 Å². The maximum Gasteiger partial charge on any atom is 0.283 e. The first-order valence-corrected chi connectivity index (χ1v) is 8.52. The Morgan fingerprint density at radius 1 is 1.00 bits per heavy atom. The number of aryl methyl sites for hydroxylation is 3. The molecule has 0 atom stereocenters. The molecule has 0 aromatic heterocycles. The second-order valence-corrected chi connectivity index (χ2v) is 6.48. The predicted molar refractivity (Wildman–Crippen MR) is 101 cm³/mol. The van der Waals surface area contributed by atoms with Gasteiger partial charge in [0.05, 0.1) is 5.69 Å². The van der Waals surface area contributed by atoms with E-state index in [9.17, 15) is 9.59 Å². The van der Waals surface area contributed by atoms with E-state index < -0.39 is 11.8 Å². The summed E-state index contributed by atoms with van der Waals surface area (Å²) in [6.07, 6.45) is 0.932. The smallest absolute Gasteiger partial charge is 0.283 e. The van der Waals surface area contributed by atoms with Crippen molar-refractivity contribution < 1.29 is 9.59 Å². The second kappa shape index (κ2) is 6.73. The highest BCUT2D eigenvalue weighted by Gasteiger charge is 2.39. The Kier molecular flexibility index (Phi) is 4.64.